The summed E-state index contributed by atoms with van der Waals surface area (Å²) in [6.45, 7) is 8.96. The molecule has 0 bridgehead atoms. The van der Waals surface area contributed by atoms with Crippen molar-refractivity contribution in [2.75, 3.05) is 39.5 Å². The minimum atomic E-state index is 0.670. The van der Waals surface area contributed by atoms with Gasteiger partial charge >= 0.3 is 0 Å². The fourth-order valence-electron chi connectivity index (χ4n) is 1.66. The van der Waals surface area contributed by atoms with E-state index in [-0.39, 0.29) is 0 Å². The predicted octanol–water partition coefficient (Wildman–Crippen LogP) is 2.87. The Morgan fingerprint density at radius 2 is 1.50 bits per heavy atom. The summed E-state index contributed by atoms with van der Waals surface area (Å²) in [7, 11) is 0. The summed E-state index contributed by atoms with van der Waals surface area (Å²) in [5.41, 5.74) is 0. The quantitative estimate of drug-likeness (QED) is 0.598. The summed E-state index contributed by atoms with van der Waals surface area (Å²) in [5.74, 6) is 1.78. The Morgan fingerprint density at radius 1 is 0.850 bits per heavy atom. The number of hydrogen-bond donors (Lipinski definition) is 1. The average molecular weight is 281 g/mol. The van der Waals surface area contributed by atoms with Gasteiger partial charge in [0.15, 0.2) is 0 Å². The lowest BCUT2D eigenvalue weighted by molar-refractivity contribution is 0.144. The van der Waals surface area contributed by atoms with Gasteiger partial charge in [-0.25, -0.2) is 0 Å². The number of hydrogen-bond acceptors (Lipinski definition) is 4. The highest BCUT2D eigenvalue weighted by atomic mass is 16.5. The van der Waals surface area contributed by atoms with Gasteiger partial charge in [-0.1, -0.05) is 6.92 Å². The van der Waals surface area contributed by atoms with Gasteiger partial charge in [0.25, 0.3) is 0 Å². The number of benzene rings is 1. The normalized spacial score (nSPS) is 10.5. The number of rotatable bonds is 12. The molecule has 1 aromatic carbocycles. The second-order valence-corrected chi connectivity index (χ2v) is 4.47. The first-order valence-electron chi connectivity index (χ1n) is 7.51. The lowest BCUT2D eigenvalue weighted by Gasteiger charge is -2.09. The molecule has 1 rings (SSSR count). The third-order valence-corrected chi connectivity index (χ3v) is 2.69. The van der Waals surface area contributed by atoms with Crippen LogP contribution in [0.3, 0.4) is 0 Å². The second-order valence-electron chi connectivity index (χ2n) is 4.47. The Balaban J connectivity index is 2.04. The van der Waals surface area contributed by atoms with E-state index in [9.17, 15) is 0 Å². The van der Waals surface area contributed by atoms with Crippen LogP contribution in [0, 0.1) is 0 Å². The predicted molar refractivity (Wildman–Crippen MR) is 81.7 cm³/mol. The zero-order valence-electron chi connectivity index (χ0n) is 12.7. The molecule has 0 saturated heterocycles. The van der Waals surface area contributed by atoms with E-state index < -0.39 is 0 Å². The Labute approximate surface area is 122 Å². The van der Waals surface area contributed by atoms with Crippen molar-refractivity contribution in [2.45, 2.75) is 26.7 Å². The third-order valence-electron chi connectivity index (χ3n) is 2.69. The molecule has 0 unspecified atom stereocenters. The molecule has 0 aliphatic heterocycles. The molecule has 114 valence electrons. The monoisotopic (exact) mass is 281 g/mol. The van der Waals surface area contributed by atoms with Crippen LogP contribution in [0.4, 0.5) is 0 Å². The molecule has 0 fully saturated rings. The molecular weight excluding hydrogens is 254 g/mol. The van der Waals surface area contributed by atoms with Crippen LogP contribution < -0.4 is 14.8 Å². The van der Waals surface area contributed by atoms with Crippen molar-refractivity contribution in [1.29, 1.82) is 0 Å². The minimum absolute atomic E-state index is 0.670. The zero-order chi connectivity index (χ0) is 14.5. The van der Waals surface area contributed by atoms with Gasteiger partial charge < -0.3 is 19.5 Å². The molecule has 0 spiro atoms. The van der Waals surface area contributed by atoms with Crippen molar-refractivity contribution in [1.82, 2.24) is 5.32 Å². The van der Waals surface area contributed by atoms with E-state index in [4.69, 9.17) is 14.2 Å². The topological polar surface area (TPSA) is 39.7 Å². The first kappa shape index (κ1) is 16.8. The van der Waals surface area contributed by atoms with Gasteiger partial charge in [0, 0.05) is 19.8 Å². The molecule has 4 nitrogen and oxygen atoms in total. The first-order chi connectivity index (χ1) is 9.86. The molecule has 1 aromatic rings. The van der Waals surface area contributed by atoms with Crippen LogP contribution in [-0.4, -0.2) is 39.5 Å². The van der Waals surface area contributed by atoms with Crippen molar-refractivity contribution in [3.8, 4) is 11.5 Å². The molecule has 0 radical (unpaired) electrons. The Morgan fingerprint density at radius 3 is 2.10 bits per heavy atom. The van der Waals surface area contributed by atoms with Crippen LogP contribution in [0.5, 0.6) is 11.5 Å². The molecular formula is C16H27NO3. The van der Waals surface area contributed by atoms with Crippen LogP contribution in [0.1, 0.15) is 26.7 Å². The van der Waals surface area contributed by atoms with Crippen LogP contribution in [0.25, 0.3) is 0 Å². The average Bonchev–Trinajstić information content (AvgIpc) is 2.49. The molecule has 0 saturated carbocycles. The molecule has 0 atom stereocenters. The molecule has 0 aliphatic rings. The summed E-state index contributed by atoms with van der Waals surface area (Å²) in [6.07, 6.45) is 2.06. The van der Waals surface area contributed by atoms with Crippen molar-refractivity contribution < 1.29 is 14.2 Å². The first-order valence-corrected chi connectivity index (χ1v) is 7.51. The van der Waals surface area contributed by atoms with E-state index >= 15 is 0 Å². The second kappa shape index (κ2) is 11.6. The van der Waals surface area contributed by atoms with Gasteiger partial charge in [0.05, 0.1) is 6.61 Å². The lowest BCUT2D eigenvalue weighted by atomic mass is 10.3. The maximum absolute atomic E-state index is 5.64. The van der Waals surface area contributed by atoms with E-state index in [0.29, 0.717) is 6.61 Å². The summed E-state index contributed by atoms with van der Waals surface area (Å²) in [6, 6.07) is 7.78. The van der Waals surface area contributed by atoms with Crippen molar-refractivity contribution in [3.05, 3.63) is 24.3 Å². The highest BCUT2D eigenvalue weighted by molar-refractivity contribution is 5.31. The SMILES string of the molecule is CCCOc1ccc(OCCNCCCOCC)cc1. The van der Waals surface area contributed by atoms with Crippen molar-refractivity contribution in [3.63, 3.8) is 0 Å². The molecule has 0 aliphatic carbocycles. The van der Waals surface area contributed by atoms with Gasteiger partial charge in [0.2, 0.25) is 0 Å². The van der Waals surface area contributed by atoms with Gasteiger partial charge in [-0.15, -0.1) is 0 Å². The third kappa shape index (κ3) is 8.02. The Hall–Kier alpha value is -1.26. The lowest BCUT2D eigenvalue weighted by Crippen LogP contribution is -2.23. The smallest absolute Gasteiger partial charge is 0.119 e. The van der Waals surface area contributed by atoms with Gasteiger partial charge in [-0.05, 0) is 50.6 Å². The van der Waals surface area contributed by atoms with Crippen LogP contribution in [-0.2, 0) is 4.74 Å². The number of ether oxygens (including phenoxy) is 3. The zero-order valence-corrected chi connectivity index (χ0v) is 12.7. The molecule has 4 heteroatoms. The molecule has 0 amide bonds. The van der Waals surface area contributed by atoms with E-state index in [1.807, 2.05) is 31.2 Å². The Bertz CT molecular complexity index is 327. The maximum Gasteiger partial charge on any atom is 0.119 e. The molecule has 0 heterocycles. The standard InChI is InChI=1S/C16H27NO3/c1-3-12-19-15-6-8-16(9-7-15)20-14-11-17-10-5-13-18-4-2/h6-9,17H,3-5,10-14H2,1-2H3. The van der Waals surface area contributed by atoms with Crippen LogP contribution >= 0.6 is 0 Å². The summed E-state index contributed by atoms with van der Waals surface area (Å²) < 4.78 is 16.4. The van der Waals surface area contributed by atoms with Crippen LogP contribution in [0.15, 0.2) is 24.3 Å². The van der Waals surface area contributed by atoms with Gasteiger partial charge in [-0.2, -0.15) is 0 Å². The van der Waals surface area contributed by atoms with E-state index in [1.165, 1.54) is 0 Å². The van der Waals surface area contributed by atoms with Crippen LogP contribution in [0.2, 0.25) is 0 Å². The van der Waals surface area contributed by atoms with Gasteiger partial charge in [-0.3, -0.25) is 0 Å². The van der Waals surface area contributed by atoms with E-state index in [0.717, 1.165) is 57.3 Å². The molecule has 20 heavy (non-hydrogen) atoms. The highest BCUT2D eigenvalue weighted by Crippen LogP contribution is 2.17. The minimum Gasteiger partial charge on any atom is -0.494 e. The number of nitrogens with one attached hydrogen (secondary N) is 1. The summed E-state index contributed by atoms with van der Waals surface area (Å²) >= 11 is 0. The molecule has 1 N–H and O–H groups in total. The fraction of sp³-hybridized carbons (Fsp3) is 0.625. The van der Waals surface area contributed by atoms with E-state index in [2.05, 4.69) is 12.2 Å². The van der Waals surface area contributed by atoms with Crippen molar-refractivity contribution in [2.24, 2.45) is 0 Å². The van der Waals surface area contributed by atoms with Gasteiger partial charge in [0.1, 0.15) is 18.1 Å². The summed E-state index contributed by atoms with van der Waals surface area (Å²) in [4.78, 5) is 0. The highest BCUT2D eigenvalue weighted by Gasteiger charge is 1.96. The van der Waals surface area contributed by atoms with E-state index in [1.54, 1.807) is 0 Å². The summed E-state index contributed by atoms with van der Waals surface area (Å²) in [5, 5.41) is 3.32. The maximum atomic E-state index is 5.64. The fourth-order valence-corrected chi connectivity index (χ4v) is 1.66. The largest absolute Gasteiger partial charge is 0.494 e. The Kier molecular flexibility index (Phi) is 9.70. The van der Waals surface area contributed by atoms with Crippen molar-refractivity contribution >= 4 is 0 Å². The molecule has 0 aromatic heterocycles.